The second-order valence-corrected chi connectivity index (χ2v) is 12.7. The second-order valence-electron chi connectivity index (χ2n) is 11.6. The van der Waals surface area contributed by atoms with Crippen molar-refractivity contribution in [1.82, 2.24) is 5.32 Å². The predicted octanol–water partition coefficient (Wildman–Crippen LogP) is 10.1. The van der Waals surface area contributed by atoms with Crippen LogP contribution in [0.5, 0.6) is 0 Å². The number of hydrogen-bond acceptors (Lipinski definition) is 5. The molecule has 0 fully saturated rings. The minimum Gasteiger partial charge on any atom is -0.456 e. The summed E-state index contributed by atoms with van der Waals surface area (Å²) < 4.78 is 7.35. The van der Waals surface area contributed by atoms with Crippen LogP contribution in [0.3, 0.4) is 0 Å². The van der Waals surface area contributed by atoms with E-state index in [1.165, 1.54) is 26.1 Å². The molecule has 7 aromatic rings. The highest BCUT2D eigenvalue weighted by Gasteiger charge is 2.28. The molecule has 0 amide bonds. The van der Waals surface area contributed by atoms with Crippen LogP contribution in [0.15, 0.2) is 154 Å². The standard InChI is InChI=1S/C40H27N3OS/c1-24-20-32(40-42-38(25-10-4-2-5-11-25)41-39(43-40)26-12-6-3-7-13-26)37-31-23-28(17-19-35(31)45-36(37)21-24)27-16-18-34-30(22-27)29-14-8-9-15-33(29)44-34/h2-20,22-23,38H,1,21H2,(H,41,42,43). The fourth-order valence-electron chi connectivity index (χ4n) is 6.48. The van der Waals surface area contributed by atoms with Crippen molar-refractivity contribution in [2.75, 3.05) is 0 Å². The Labute approximate surface area is 264 Å². The minimum absolute atomic E-state index is 0.259. The molecule has 1 unspecified atom stereocenters. The van der Waals surface area contributed by atoms with E-state index in [4.69, 9.17) is 14.4 Å². The monoisotopic (exact) mass is 597 g/mol. The van der Waals surface area contributed by atoms with Gasteiger partial charge in [0.15, 0.2) is 5.84 Å². The van der Waals surface area contributed by atoms with E-state index in [1.807, 2.05) is 47.7 Å². The molecular formula is C40H27N3OS. The molecule has 5 aromatic carbocycles. The van der Waals surface area contributed by atoms with Gasteiger partial charge in [-0.25, -0.2) is 9.98 Å². The molecule has 1 N–H and O–H groups in total. The number of fused-ring (bicyclic) bond motifs is 6. The van der Waals surface area contributed by atoms with Gasteiger partial charge in [0.05, 0.1) is 0 Å². The van der Waals surface area contributed by atoms with Crippen LogP contribution in [0.4, 0.5) is 0 Å². The fraction of sp³-hybridized carbons (Fsp3) is 0.0500. The van der Waals surface area contributed by atoms with Gasteiger partial charge in [-0.05, 0) is 58.7 Å². The van der Waals surface area contributed by atoms with Gasteiger partial charge in [0.25, 0.3) is 0 Å². The van der Waals surface area contributed by atoms with Crippen molar-refractivity contribution in [3.63, 3.8) is 0 Å². The first-order valence-corrected chi connectivity index (χ1v) is 15.9. The van der Waals surface area contributed by atoms with Crippen LogP contribution in [-0.4, -0.2) is 11.7 Å². The van der Waals surface area contributed by atoms with E-state index in [0.29, 0.717) is 0 Å². The van der Waals surface area contributed by atoms with E-state index >= 15 is 0 Å². The summed E-state index contributed by atoms with van der Waals surface area (Å²) in [5, 5.41) is 7.07. The lowest BCUT2D eigenvalue weighted by atomic mass is 9.90. The quantitative estimate of drug-likeness (QED) is 0.219. The molecule has 0 saturated carbocycles. The maximum atomic E-state index is 6.10. The van der Waals surface area contributed by atoms with Gasteiger partial charge in [0.1, 0.15) is 23.2 Å². The fourth-order valence-corrected chi connectivity index (χ4v) is 7.73. The van der Waals surface area contributed by atoms with Crippen LogP contribution >= 0.6 is 11.3 Å². The molecule has 0 spiro atoms. The minimum atomic E-state index is -0.259. The Kier molecular flexibility index (Phi) is 5.93. The highest BCUT2D eigenvalue weighted by molar-refractivity contribution is 7.19. The molecule has 0 saturated heterocycles. The molecule has 1 aliphatic heterocycles. The number of rotatable bonds is 4. The highest BCUT2D eigenvalue weighted by Crippen LogP contribution is 2.44. The van der Waals surface area contributed by atoms with Crippen molar-refractivity contribution in [1.29, 1.82) is 0 Å². The summed E-state index contributed by atoms with van der Waals surface area (Å²) >= 11 is 1.84. The molecule has 2 aliphatic rings. The molecule has 9 rings (SSSR count). The van der Waals surface area contributed by atoms with Gasteiger partial charge in [-0.1, -0.05) is 97.6 Å². The van der Waals surface area contributed by atoms with Crippen molar-refractivity contribution in [3.8, 4) is 11.1 Å². The number of nitrogens with zero attached hydrogens (tertiary/aromatic N) is 2. The summed E-state index contributed by atoms with van der Waals surface area (Å²) in [4.78, 5) is 11.7. The van der Waals surface area contributed by atoms with Crippen LogP contribution < -0.4 is 5.32 Å². The summed E-state index contributed by atoms with van der Waals surface area (Å²) in [6, 6.07) is 42.2. The summed E-state index contributed by atoms with van der Waals surface area (Å²) in [6.45, 7) is 4.40. The summed E-state index contributed by atoms with van der Waals surface area (Å²) in [7, 11) is 0. The molecule has 1 atom stereocenters. The van der Waals surface area contributed by atoms with Crippen LogP contribution in [-0.2, 0) is 6.42 Å². The third-order valence-corrected chi connectivity index (χ3v) is 9.79. The van der Waals surface area contributed by atoms with Crippen molar-refractivity contribution >= 4 is 60.6 Å². The maximum absolute atomic E-state index is 6.10. The average Bonchev–Trinajstić information content (AvgIpc) is 3.65. The number of benzene rings is 5. The Morgan fingerprint density at radius 1 is 0.711 bits per heavy atom. The molecular weight excluding hydrogens is 571 g/mol. The van der Waals surface area contributed by atoms with Crippen LogP contribution in [0.1, 0.15) is 27.7 Å². The molecule has 214 valence electrons. The van der Waals surface area contributed by atoms with E-state index in [9.17, 15) is 0 Å². The zero-order valence-corrected chi connectivity index (χ0v) is 25.1. The van der Waals surface area contributed by atoms with Crippen molar-refractivity contribution < 1.29 is 4.42 Å². The number of aliphatic imine (C=N–C) groups is 2. The first kappa shape index (κ1) is 25.9. The largest absolute Gasteiger partial charge is 0.456 e. The van der Waals surface area contributed by atoms with Crippen molar-refractivity contribution in [2.45, 2.75) is 12.6 Å². The number of para-hydroxylation sites is 1. The van der Waals surface area contributed by atoms with E-state index < -0.39 is 0 Å². The summed E-state index contributed by atoms with van der Waals surface area (Å²) in [6.07, 6.45) is 2.75. The first-order valence-electron chi connectivity index (χ1n) is 15.1. The van der Waals surface area contributed by atoms with Gasteiger partial charge < -0.3 is 9.73 Å². The Morgan fingerprint density at radius 2 is 1.42 bits per heavy atom. The predicted molar refractivity (Wildman–Crippen MR) is 188 cm³/mol. The number of amidine groups is 2. The Morgan fingerprint density at radius 3 is 2.27 bits per heavy atom. The molecule has 0 bridgehead atoms. The number of allylic oxidation sites excluding steroid dienone is 2. The van der Waals surface area contributed by atoms with E-state index in [-0.39, 0.29) is 6.17 Å². The van der Waals surface area contributed by atoms with Gasteiger partial charge in [0, 0.05) is 48.9 Å². The summed E-state index contributed by atoms with van der Waals surface area (Å²) in [5.74, 6) is 1.54. The van der Waals surface area contributed by atoms with Crippen LogP contribution in [0.2, 0.25) is 0 Å². The number of nitrogens with one attached hydrogen (secondary N) is 1. The smallest absolute Gasteiger partial charge is 0.160 e. The molecule has 3 heterocycles. The van der Waals surface area contributed by atoms with Gasteiger partial charge in [-0.3, -0.25) is 0 Å². The van der Waals surface area contributed by atoms with E-state index in [2.05, 4.69) is 103 Å². The zero-order chi connectivity index (χ0) is 29.9. The topological polar surface area (TPSA) is 49.9 Å². The molecule has 1 aliphatic carbocycles. The average molecular weight is 598 g/mol. The Bertz CT molecular complexity index is 2390. The van der Waals surface area contributed by atoms with Crippen molar-refractivity contribution in [3.05, 3.63) is 161 Å². The lowest BCUT2D eigenvalue weighted by Gasteiger charge is -2.25. The van der Waals surface area contributed by atoms with Gasteiger partial charge in [0.2, 0.25) is 0 Å². The number of furan rings is 1. The van der Waals surface area contributed by atoms with Gasteiger partial charge in [-0.2, -0.15) is 0 Å². The van der Waals surface area contributed by atoms with Gasteiger partial charge >= 0.3 is 0 Å². The lowest BCUT2D eigenvalue weighted by molar-refractivity contribution is 0.669. The molecule has 5 heteroatoms. The second kappa shape index (κ2) is 10.3. The molecule has 0 radical (unpaired) electrons. The maximum Gasteiger partial charge on any atom is 0.160 e. The van der Waals surface area contributed by atoms with Crippen molar-refractivity contribution in [2.24, 2.45) is 9.98 Å². The number of thiophene rings is 1. The van der Waals surface area contributed by atoms with Crippen LogP contribution in [0, 0.1) is 0 Å². The zero-order valence-electron chi connectivity index (χ0n) is 24.3. The first-order chi connectivity index (χ1) is 22.2. The van der Waals surface area contributed by atoms with E-state index in [0.717, 1.165) is 67.9 Å². The van der Waals surface area contributed by atoms with Gasteiger partial charge in [-0.15, -0.1) is 11.3 Å². The number of hydrogen-bond donors (Lipinski definition) is 1. The van der Waals surface area contributed by atoms with E-state index in [1.54, 1.807) is 0 Å². The molecule has 4 nitrogen and oxygen atoms in total. The molecule has 2 aromatic heterocycles. The Balaban J connectivity index is 1.20. The lowest BCUT2D eigenvalue weighted by Crippen LogP contribution is -2.33. The highest BCUT2D eigenvalue weighted by atomic mass is 32.1. The third-order valence-electron chi connectivity index (χ3n) is 8.62. The Hall–Kier alpha value is -5.52. The normalized spacial score (nSPS) is 16.3. The van der Waals surface area contributed by atoms with Crippen LogP contribution in [0.25, 0.3) is 48.7 Å². The summed E-state index contributed by atoms with van der Waals surface area (Å²) in [5.41, 5.74) is 9.57. The molecule has 45 heavy (non-hydrogen) atoms. The SMILES string of the molecule is C=C1C=C(C2=NC(c3ccccc3)NC(c3ccccc3)=N2)c2c(sc3ccc(-c4ccc5oc6ccccc6c5c4)cc23)C1. The third kappa shape index (κ3) is 4.43.